The van der Waals surface area contributed by atoms with Crippen molar-refractivity contribution in [1.29, 1.82) is 0 Å². The summed E-state index contributed by atoms with van der Waals surface area (Å²) in [6.07, 6.45) is 1.37. The van der Waals surface area contributed by atoms with Crippen molar-refractivity contribution < 1.29 is 9.21 Å². The van der Waals surface area contributed by atoms with Crippen LogP contribution in [0.4, 0.5) is 0 Å². The molecule has 0 aliphatic carbocycles. The Labute approximate surface area is 98.7 Å². The van der Waals surface area contributed by atoms with Gasteiger partial charge in [-0.2, -0.15) is 0 Å². The Morgan fingerprint density at radius 2 is 2.27 bits per heavy atom. The van der Waals surface area contributed by atoms with E-state index in [1.165, 1.54) is 12.3 Å². The Balaban J connectivity index is 2.47. The fourth-order valence-corrected chi connectivity index (χ4v) is 1.25. The molecule has 1 unspecified atom stereocenters. The number of halogens is 2. The molecule has 1 atom stereocenters. The first-order valence-corrected chi connectivity index (χ1v) is 5.49. The SMILES string of the molecule is CC(C)C(Cl)CNC(=O)c1ccoc1Cl. The summed E-state index contributed by atoms with van der Waals surface area (Å²) in [4.78, 5) is 11.5. The van der Waals surface area contributed by atoms with E-state index in [2.05, 4.69) is 5.32 Å². The van der Waals surface area contributed by atoms with Crippen LogP contribution in [0.5, 0.6) is 0 Å². The molecular weight excluding hydrogens is 237 g/mol. The molecule has 1 amide bonds. The Morgan fingerprint density at radius 1 is 1.60 bits per heavy atom. The minimum absolute atomic E-state index is 0.0837. The number of carbonyl (C=O) groups excluding carboxylic acids is 1. The molecule has 1 aromatic rings. The van der Waals surface area contributed by atoms with Crippen LogP contribution in [-0.4, -0.2) is 17.8 Å². The number of carbonyl (C=O) groups is 1. The summed E-state index contributed by atoms with van der Waals surface area (Å²) in [5.41, 5.74) is 0.337. The van der Waals surface area contributed by atoms with Crippen LogP contribution in [0.2, 0.25) is 5.22 Å². The summed E-state index contributed by atoms with van der Waals surface area (Å²) in [6.45, 7) is 4.41. The molecule has 5 heteroatoms. The Hall–Kier alpha value is -0.670. The van der Waals surface area contributed by atoms with E-state index in [1.54, 1.807) is 0 Å². The van der Waals surface area contributed by atoms with Gasteiger partial charge in [0, 0.05) is 6.54 Å². The summed E-state index contributed by atoms with van der Waals surface area (Å²) in [5.74, 6) is 0.0480. The fourth-order valence-electron chi connectivity index (χ4n) is 0.977. The van der Waals surface area contributed by atoms with Crippen molar-refractivity contribution in [3.05, 3.63) is 23.1 Å². The monoisotopic (exact) mass is 249 g/mol. The molecule has 0 aliphatic heterocycles. The maximum absolute atomic E-state index is 11.5. The van der Waals surface area contributed by atoms with Gasteiger partial charge in [0.25, 0.3) is 5.91 Å². The predicted octanol–water partition coefficient (Wildman–Crippen LogP) is 2.93. The number of alkyl halides is 1. The van der Waals surface area contributed by atoms with Gasteiger partial charge in [-0.05, 0) is 23.6 Å². The summed E-state index contributed by atoms with van der Waals surface area (Å²) in [6, 6.07) is 1.52. The number of nitrogens with one attached hydrogen (secondary N) is 1. The molecule has 3 nitrogen and oxygen atoms in total. The average molecular weight is 250 g/mol. The maximum Gasteiger partial charge on any atom is 0.256 e. The fraction of sp³-hybridized carbons (Fsp3) is 0.500. The van der Waals surface area contributed by atoms with E-state index in [1.807, 2.05) is 13.8 Å². The van der Waals surface area contributed by atoms with E-state index < -0.39 is 0 Å². The zero-order chi connectivity index (χ0) is 11.4. The highest BCUT2D eigenvalue weighted by molar-refractivity contribution is 6.32. The van der Waals surface area contributed by atoms with Crippen molar-refractivity contribution in [2.75, 3.05) is 6.54 Å². The zero-order valence-corrected chi connectivity index (χ0v) is 10.1. The van der Waals surface area contributed by atoms with Crippen LogP contribution in [0.1, 0.15) is 24.2 Å². The number of hydrogen-bond donors (Lipinski definition) is 1. The van der Waals surface area contributed by atoms with Crippen LogP contribution in [0, 0.1) is 5.92 Å². The summed E-state index contributed by atoms with van der Waals surface area (Å²) in [5, 5.41) is 2.71. The van der Waals surface area contributed by atoms with Gasteiger partial charge < -0.3 is 9.73 Å². The minimum atomic E-state index is -0.264. The molecular formula is C10H13Cl2NO2. The third kappa shape index (κ3) is 3.43. The van der Waals surface area contributed by atoms with Crippen molar-refractivity contribution in [2.45, 2.75) is 19.2 Å². The predicted molar refractivity (Wildman–Crippen MR) is 60.5 cm³/mol. The second kappa shape index (κ2) is 5.42. The molecule has 0 aliphatic rings. The first kappa shape index (κ1) is 12.4. The van der Waals surface area contributed by atoms with Crippen molar-refractivity contribution in [3.8, 4) is 0 Å². The molecule has 0 aromatic carbocycles. The van der Waals surface area contributed by atoms with Crippen LogP contribution in [-0.2, 0) is 0 Å². The molecule has 0 spiro atoms. The number of furan rings is 1. The van der Waals surface area contributed by atoms with Gasteiger partial charge in [0.05, 0.1) is 17.2 Å². The Bertz CT molecular complexity index is 336. The van der Waals surface area contributed by atoms with Crippen LogP contribution >= 0.6 is 23.2 Å². The van der Waals surface area contributed by atoms with Gasteiger partial charge in [-0.25, -0.2) is 0 Å². The standard InChI is InChI=1S/C10H13Cl2NO2/c1-6(2)8(11)5-13-10(14)7-3-4-15-9(7)12/h3-4,6,8H,5H2,1-2H3,(H,13,14). The first-order chi connectivity index (χ1) is 7.02. The lowest BCUT2D eigenvalue weighted by Gasteiger charge is -2.13. The van der Waals surface area contributed by atoms with E-state index in [9.17, 15) is 4.79 Å². The summed E-state index contributed by atoms with van der Waals surface area (Å²) >= 11 is 11.6. The average Bonchev–Trinajstić information content (AvgIpc) is 2.60. The van der Waals surface area contributed by atoms with E-state index in [0.717, 1.165) is 0 Å². The van der Waals surface area contributed by atoms with Crippen LogP contribution < -0.4 is 5.32 Å². The summed E-state index contributed by atoms with van der Waals surface area (Å²) < 4.78 is 4.81. The Morgan fingerprint density at radius 3 is 2.73 bits per heavy atom. The summed E-state index contributed by atoms with van der Waals surface area (Å²) in [7, 11) is 0. The normalized spacial score (nSPS) is 12.9. The van der Waals surface area contributed by atoms with E-state index in [0.29, 0.717) is 18.0 Å². The highest BCUT2D eigenvalue weighted by Gasteiger charge is 2.15. The lowest BCUT2D eigenvalue weighted by Crippen LogP contribution is -2.31. The topological polar surface area (TPSA) is 42.2 Å². The largest absolute Gasteiger partial charge is 0.452 e. The highest BCUT2D eigenvalue weighted by atomic mass is 35.5. The van der Waals surface area contributed by atoms with E-state index in [4.69, 9.17) is 27.6 Å². The van der Waals surface area contributed by atoms with Gasteiger partial charge in [-0.1, -0.05) is 13.8 Å². The second-order valence-electron chi connectivity index (χ2n) is 3.58. The smallest absolute Gasteiger partial charge is 0.256 e. The Kier molecular flexibility index (Phi) is 4.48. The van der Waals surface area contributed by atoms with Gasteiger partial charge in [0.2, 0.25) is 5.22 Å². The molecule has 84 valence electrons. The molecule has 1 heterocycles. The lowest BCUT2D eigenvalue weighted by molar-refractivity contribution is 0.0952. The number of hydrogen-bond acceptors (Lipinski definition) is 2. The molecule has 0 bridgehead atoms. The third-order valence-corrected chi connectivity index (χ3v) is 2.99. The molecule has 1 N–H and O–H groups in total. The molecule has 1 rings (SSSR count). The molecule has 0 saturated carbocycles. The van der Waals surface area contributed by atoms with Crippen molar-refractivity contribution in [2.24, 2.45) is 5.92 Å². The molecule has 15 heavy (non-hydrogen) atoms. The maximum atomic E-state index is 11.5. The molecule has 0 radical (unpaired) electrons. The van der Waals surface area contributed by atoms with Crippen molar-refractivity contribution >= 4 is 29.1 Å². The van der Waals surface area contributed by atoms with Gasteiger partial charge in [-0.3, -0.25) is 4.79 Å². The van der Waals surface area contributed by atoms with Crippen LogP contribution in [0.25, 0.3) is 0 Å². The van der Waals surface area contributed by atoms with Crippen molar-refractivity contribution in [1.82, 2.24) is 5.32 Å². The zero-order valence-electron chi connectivity index (χ0n) is 8.59. The van der Waals surface area contributed by atoms with Gasteiger partial charge in [0.15, 0.2) is 0 Å². The quantitative estimate of drug-likeness (QED) is 0.835. The van der Waals surface area contributed by atoms with E-state index in [-0.39, 0.29) is 16.5 Å². The van der Waals surface area contributed by atoms with Crippen LogP contribution in [0.3, 0.4) is 0 Å². The van der Waals surface area contributed by atoms with E-state index >= 15 is 0 Å². The molecule has 0 saturated heterocycles. The number of amides is 1. The minimum Gasteiger partial charge on any atom is -0.452 e. The van der Waals surface area contributed by atoms with Crippen molar-refractivity contribution in [3.63, 3.8) is 0 Å². The van der Waals surface area contributed by atoms with Crippen LogP contribution in [0.15, 0.2) is 16.7 Å². The lowest BCUT2D eigenvalue weighted by atomic mass is 10.1. The van der Waals surface area contributed by atoms with Gasteiger partial charge >= 0.3 is 0 Å². The second-order valence-corrected chi connectivity index (χ2v) is 4.48. The van der Waals surface area contributed by atoms with Gasteiger partial charge in [-0.15, -0.1) is 11.6 Å². The molecule has 0 fully saturated rings. The number of rotatable bonds is 4. The molecule has 1 aromatic heterocycles. The highest BCUT2D eigenvalue weighted by Crippen LogP contribution is 2.16. The van der Waals surface area contributed by atoms with Gasteiger partial charge in [0.1, 0.15) is 0 Å². The first-order valence-electron chi connectivity index (χ1n) is 4.67. The third-order valence-electron chi connectivity index (χ3n) is 2.04.